The molecule has 172 valence electrons. The number of morpholine rings is 2. The average molecular weight is 440 g/mol. The lowest BCUT2D eigenvalue weighted by Crippen LogP contribution is -2.41. The molecule has 0 aromatic heterocycles. The van der Waals surface area contributed by atoms with Crippen LogP contribution in [0.4, 0.5) is 0 Å². The van der Waals surface area contributed by atoms with Crippen LogP contribution in [0.2, 0.25) is 0 Å². The number of carbonyl (C=O) groups excluding carboxylic acids is 1. The van der Waals surface area contributed by atoms with Crippen molar-refractivity contribution in [2.24, 2.45) is 0 Å². The van der Waals surface area contributed by atoms with Crippen LogP contribution in [0.3, 0.4) is 0 Å². The molecule has 2 fully saturated rings. The summed E-state index contributed by atoms with van der Waals surface area (Å²) in [6, 6.07) is 15.7. The maximum absolute atomic E-state index is 12.8. The Morgan fingerprint density at radius 3 is 2.16 bits per heavy atom. The maximum Gasteiger partial charge on any atom is 0.251 e. The van der Waals surface area contributed by atoms with Crippen LogP contribution in [-0.4, -0.2) is 94.6 Å². The van der Waals surface area contributed by atoms with E-state index in [2.05, 4.69) is 15.1 Å². The molecule has 32 heavy (non-hydrogen) atoms. The van der Waals surface area contributed by atoms with Crippen LogP contribution < -0.4 is 10.1 Å². The van der Waals surface area contributed by atoms with Gasteiger partial charge >= 0.3 is 0 Å². The van der Waals surface area contributed by atoms with Gasteiger partial charge < -0.3 is 19.5 Å². The number of hydrogen-bond donors (Lipinski definition) is 1. The Balaban J connectivity index is 1.30. The summed E-state index contributed by atoms with van der Waals surface area (Å²) in [5.41, 5.74) is 2.62. The molecule has 7 heteroatoms. The van der Waals surface area contributed by atoms with E-state index in [0.29, 0.717) is 18.7 Å². The molecule has 2 heterocycles. The van der Waals surface area contributed by atoms with Crippen molar-refractivity contribution in [3.05, 3.63) is 54.1 Å². The average Bonchev–Trinajstić information content (AvgIpc) is 2.86. The van der Waals surface area contributed by atoms with Gasteiger partial charge in [0.05, 0.1) is 26.4 Å². The van der Waals surface area contributed by atoms with E-state index >= 15 is 0 Å². The minimum Gasteiger partial charge on any atom is -0.492 e. The monoisotopic (exact) mass is 439 g/mol. The van der Waals surface area contributed by atoms with Crippen LogP contribution in [0.15, 0.2) is 48.5 Å². The molecule has 4 rings (SSSR count). The van der Waals surface area contributed by atoms with Gasteiger partial charge in [-0.05, 0) is 29.3 Å². The molecule has 0 atom stereocenters. The van der Waals surface area contributed by atoms with E-state index in [-0.39, 0.29) is 5.91 Å². The lowest BCUT2D eigenvalue weighted by atomic mass is 9.99. The first-order chi connectivity index (χ1) is 15.8. The molecular weight excluding hydrogens is 406 g/mol. The molecule has 0 spiro atoms. The molecule has 0 radical (unpaired) electrons. The first kappa shape index (κ1) is 22.7. The van der Waals surface area contributed by atoms with Crippen molar-refractivity contribution in [3.8, 4) is 16.9 Å². The number of carbonyl (C=O) groups is 1. The lowest BCUT2D eigenvalue weighted by Gasteiger charge is -2.26. The van der Waals surface area contributed by atoms with E-state index in [1.807, 2.05) is 48.5 Å². The summed E-state index contributed by atoms with van der Waals surface area (Å²) < 4.78 is 16.7. The first-order valence-electron chi connectivity index (χ1n) is 11.5. The largest absolute Gasteiger partial charge is 0.492 e. The standard InChI is InChI=1S/C25H33N3O4/c29-25(26-9-10-27-11-16-30-17-12-27)24-4-2-1-3-23(24)21-5-7-22(8-6-21)32-20-15-28-13-18-31-19-14-28/h1-8H,9-20H2,(H,26,29). The minimum atomic E-state index is -0.0419. The number of benzene rings is 2. The smallest absolute Gasteiger partial charge is 0.251 e. The van der Waals surface area contributed by atoms with Gasteiger partial charge in [-0.2, -0.15) is 0 Å². The van der Waals surface area contributed by atoms with Gasteiger partial charge in [-0.1, -0.05) is 30.3 Å². The molecule has 7 nitrogen and oxygen atoms in total. The number of ether oxygens (including phenoxy) is 3. The molecule has 0 bridgehead atoms. The zero-order valence-electron chi connectivity index (χ0n) is 18.6. The van der Waals surface area contributed by atoms with E-state index in [1.165, 1.54) is 0 Å². The Bertz CT molecular complexity index is 847. The zero-order chi connectivity index (χ0) is 22.0. The van der Waals surface area contributed by atoms with Crippen LogP contribution >= 0.6 is 0 Å². The summed E-state index contributed by atoms with van der Waals surface area (Å²) in [5, 5.41) is 3.07. The Hall–Kier alpha value is -2.45. The number of rotatable bonds is 9. The summed E-state index contributed by atoms with van der Waals surface area (Å²) in [4.78, 5) is 17.5. The van der Waals surface area contributed by atoms with Crippen molar-refractivity contribution in [1.29, 1.82) is 0 Å². The van der Waals surface area contributed by atoms with Crippen molar-refractivity contribution in [2.45, 2.75) is 0 Å². The second kappa shape index (κ2) is 12.0. The fraction of sp³-hybridized carbons (Fsp3) is 0.480. The number of hydrogen-bond acceptors (Lipinski definition) is 6. The predicted molar refractivity (Wildman–Crippen MR) is 124 cm³/mol. The Morgan fingerprint density at radius 2 is 1.47 bits per heavy atom. The molecule has 2 aromatic carbocycles. The second-order valence-corrected chi connectivity index (χ2v) is 8.08. The minimum absolute atomic E-state index is 0.0419. The van der Waals surface area contributed by atoms with Crippen molar-refractivity contribution in [3.63, 3.8) is 0 Å². The lowest BCUT2D eigenvalue weighted by molar-refractivity contribution is 0.0322. The SMILES string of the molecule is O=C(NCCN1CCOCC1)c1ccccc1-c1ccc(OCCN2CCOCC2)cc1. The van der Waals surface area contributed by atoms with Crippen LogP contribution in [0.25, 0.3) is 11.1 Å². The summed E-state index contributed by atoms with van der Waals surface area (Å²) in [5.74, 6) is 0.800. The first-order valence-corrected chi connectivity index (χ1v) is 11.5. The molecule has 0 aliphatic carbocycles. The molecular formula is C25H33N3O4. The van der Waals surface area contributed by atoms with Gasteiger partial charge in [0.1, 0.15) is 12.4 Å². The second-order valence-electron chi connectivity index (χ2n) is 8.08. The van der Waals surface area contributed by atoms with Crippen molar-refractivity contribution < 1.29 is 19.0 Å². The van der Waals surface area contributed by atoms with Gasteiger partial charge in [0.2, 0.25) is 0 Å². The summed E-state index contributed by atoms with van der Waals surface area (Å²) >= 11 is 0. The highest BCUT2D eigenvalue weighted by Gasteiger charge is 2.14. The molecule has 2 saturated heterocycles. The van der Waals surface area contributed by atoms with Gasteiger partial charge in [0.25, 0.3) is 5.91 Å². The highest BCUT2D eigenvalue weighted by Crippen LogP contribution is 2.26. The zero-order valence-corrected chi connectivity index (χ0v) is 18.6. The third-order valence-electron chi connectivity index (χ3n) is 5.93. The fourth-order valence-electron chi connectivity index (χ4n) is 4.03. The predicted octanol–water partition coefficient (Wildman–Crippen LogP) is 2.13. The summed E-state index contributed by atoms with van der Waals surface area (Å²) in [7, 11) is 0. The molecule has 0 unspecified atom stereocenters. The molecule has 1 N–H and O–H groups in total. The van der Waals surface area contributed by atoms with Gasteiger partial charge in [0.15, 0.2) is 0 Å². The van der Waals surface area contributed by atoms with E-state index in [0.717, 1.165) is 82.6 Å². The van der Waals surface area contributed by atoms with Gasteiger partial charge in [-0.15, -0.1) is 0 Å². The topological polar surface area (TPSA) is 63.3 Å². The quantitative estimate of drug-likeness (QED) is 0.646. The van der Waals surface area contributed by atoms with E-state index < -0.39 is 0 Å². The van der Waals surface area contributed by atoms with Crippen LogP contribution in [0.5, 0.6) is 5.75 Å². The van der Waals surface area contributed by atoms with Gasteiger partial charge in [-0.25, -0.2) is 0 Å². The van der Waals surface area contributed by atoms with Crippen molar-refractivity contribution in [2.75, 3.05) is 78.8 Å². The van der Waals surface area contributed by atoms with E-state index in [9.17, 15) is 4.79 Å². The number of nitrogens with one attached hydrogen (secondary N) is 1. The molecule has 1 amide bonds. The fourth-order valence-corrected chi connectivity index (χ4v) is 4.03. The van der Waals surface area contributed by atoms with E-state index in [4.69, 9.17) is 14.2 Å². The van der Waals surface area contributed by atoms with Crippen LogP contribution in [-0.2, 0) is 9.47 Å². The molecule has 2 aliphatic heterocycles. The van der Waals surface area contributed by atoms with Crippen LogP contribution in [0.1, 0.15) is 10.4 Å². The number of amides is 1. The van der Waals surface area contributed by atoms with Crippen LogP contribution in [0, 0.1) is 0 Å². The van der Waals surface area contributed by atoms with Crippen molar-refractivity contribution >= 4 is 5.91 Å². The third-order valence-corrected chi connectivity index (χ3v) is 5.93. The van der Waals surface area contributed by atoms with Gasteiger partial charge in [-0.3, -0.25) is 14.6 Å². The Morgan fingerprint density at radius 1 is 0.844 bits per heavy atom. The maximum atomic E-state index is 12.8. The highest BCUT2D eigenvalue weighted by atomic mass is 16.5. The van der Waals surface area contributed by atoms with Crippen molar-refractivity contribution in [1.82, 2.24) is 15.1 Å². The van der Waals surface area contributed by atoms with E-state index in [1.54, 1.807) is 0 Å². The highest BCUT2D eigenvalue weighted by molar-refractivity contribution is 6.00. The third kappa shape index (κ3) is 6.53. The van der Waals surface area contributed by atoms with Gasteiger partial charge in [0, 0.05) is 51.4 Å². The Kier molecular flexibility index (Phi) is 8.50. The number of nitrogens with zero attached hydrogens (tertiary/aromatic N) is 2. The summed E-state index contributed by atoms with van der Waals surface area (Å²) in [6.45, 7) is 9.94. The summed E-state index contributed by atoms with van der Waals surface area (Å²) in [6.07, 6.45) is 0. The Labute approximate surface area is 190 Å². The normalized spacial score (nSPS) is 17.8. The molecule has 2 aromatic rings. The molecule has 0 saturated carbocycles. The molecule has 2 aliphatic rings.